The maximum absolute atomic E-state index is 11.1. The zero-order valence-electron chi connectivity index (χ0n) is 9.77. The predicted molar refractivity (Wildman–Crippen MR) is 68.9 cm³/mol. The van der Waals surface area contributed by atoms with Gasteiger partial charge in [-0.25, -0.2) is 0 Å². The Bertz CT molecular complexity index is 337. The Labute approximate surface area is 101 Å². The third-order valence-electron chi connectivity index (χ3n) is 2.87. The fraction of sp³-hybridized carbons (Fsp3) is 0.462. The summed E-state index contributed by atoms with van der Waals surface area (Å²) in [6.07, 6.45) is 4.42. The van der Waals surface area contributed by atoms with E-state index in [-0.39, 0.29) is 0 Å². The number of hydrogen-bond donors (Lipinski definition) is 1. The molecular weight excluding hydrogens is 220 g/mol. The van der Waals surface area contributed by atoms with Crippen LogP contribution in [0.5, 0.6) is 0 Å². The lowest BCUT2D eigenvalue weighted by molar-refractivity contribution is -0.139. The maximum atomic E-state index is 11.1. The minimum atomic E-state index is -0.715. The van der Waals surface area contributed by atoms with Gasteiger partial charge in [0, 0.05) is 0 Å². The zero-order valence-corrected chi connectivity index (χ0v) is 10.6. The van der Waals surface area contributed by atoms with Crippen molar-refractivity contribution >= 4 is 17.7 Å². The molecule has 0 bridgehead atoms. The number of carboxylic acids is 1. The molecule has 0 aromatic heterocycles. The number of carboxylic acid groups (broad SMARTS) is 1. The third kappa shape index (κ3) is 3.56. The van der Waals surface area contributed by atoms with E-state index in [1.807, 2.05) is 24.5 Å². The number of aliphatic carboxylic acids is 1. The van der Waals surface area contributed by atoms with Crippen molar-refractivity contribution < 1.29 is 9.90 Å². The second-order valence-electron chi connectivity index (χ2n) is 4.08. The van der Waals surface area contributed by atoms with Crippen LogP contribution >= 0.6 is 11.8 Å². The van der Waals surface area contributed by atoms with Crippen LogP contribution in [0.4, 0.5) is 0 Å². The Morgan fingerprint density at radius 2 is 2.00 bits per heavy atom. The summed E-state index contributed by atoms with van der Waals surface area (Å²) in [5, 5.41) is 9.11. The number of rotatable bonds is 6. The Hall–Kier alpha value is -0.960. The Balaban J connectivity index is 2.43. The van der Waals surface area contributed by atoms with E-state index < -0.39 is 10.7 Å². The first kappa shape index (κ1) is 13.1. The van der Waals surface area contributed by atoms with Gasteiger partial charge >= 0.3 is 5.97 Å². The molecule has 0 aliphatic rings. The van der Waals surface area contributed by atoms with Gasteiger partial charge in [0.15, 0.2) is 0 Å². The van der Waals surface area contributed by atoms with Crippen molar-refractivity contribution in [2.24, 2.45) is 0 Å². The lowest BCUT2D eigenvalue weighted by Crippen LogP contribution is -2.31. The fourth-order valence-electron chi connectivity index (χ4n) is 1.57. The lowest BCUT2D eigenvalue weighted by atomic mass is 10.0. The van der Waals surface area contributed by atoms with Crippen LogP contribution in [0.25, 0.3) is 0 Å². The van der Waals surface area contributed by atoms with Gasteiger partial charge in [0.2, 0.25) is 0 Å². The summed E-state index contributed by atoms with van der Waals surface area (Å²) < 4.78 is -0.644. The average Bonchev–Trinajstić information content (AvgIpc) is 2.30. The molecule has 16 heavy (non-hydrogen) atoms. The minimum absolute atomic E-state index is 0.644. The molecule has 0 heterocycles. The van der Waals surface area contributed by atoms with Gasteiger partial charge in [-0.15, -0.1) is 11.8 Å². The topological polar surface area (TPSA) is 37.3 Å². The summed E-state index contributed by atoms with van der Waals surface area (Å²) in [6, 6.07) is 10.2. The summed E-state index contributed by atoms with van der Waals surface area (Å²) in [4.78, 5) is 11.1. The fourth-order valence-corrected chi connectivity index (χ4v) is 2.09. The second kappa shape index (κ2) is 5.94. The van der Waals surface area contributed by atoms with E-state index >= 15 is 0 Å². The molecule has 1 N–H and O–H groups in total. The molecule has 1 atom stereocenters. The van der Waals surface area contributed by atoms with Gasteiger partial charge in [-0.05, 0) is 38.0 Å². The van der Waals surface area contributed by atoms with Crippen LogP contribution in [0.1, 0.15) is 25.3 Å². The first-order valence-electron chi connectivity index (χ1n) is 5.41. The highest BCUT2D eigenvalue weighted by Crippen LogP contribution is 2.28. The van der Waals surface area contributed by atoms with Crippen molar-refractivity contribution in [1.82, 2.24) is 0 Å². The summed E-state index contributed by atoms with van der Waals surface area (Å²) in [6.45, 7) is 1.80. The quantitative estimate of drug-likeness (QED) is 0.827. The summed E-state index contributed by atoms with van der Waals surface area (Å²) in [5.74, 6) is -0.715. The predicted octanol–water partition coefficient (Wildman–Crippen LogP) is 3.22. The largest absolute Gasteiger partial charge is 0.480 e. The Morgan fingerprint density at radius 1 is 1.38 bits per heavy atom. The standard InChI is InChI=1S/C13H18O2S/c1-13(16-2,12(14)15)10-6-9-11-7-4-3-5-8-11/h3-5,7-8H,6,9-10H2,1-2H3,(H,14,15). The molecule has 1 aromatic carbocycles. The van der Waals surface area contributed by atoms with Crippen LogP contribution in [0.2, 0.25) is 0 Å². The summed E-state index contributed by atoms with van der Waals surface area (Å²) in [7, 11) is 0. The van der Waals surface area contributed by atoms with E-state index in [1.165, 1.54) is 17.3 Å². The highest BCUT2D eigenvalue weighted by Gasteiger charge is 2.31. The van der Waals surface area contributed by atoms with Crippen molar-refractivity contribution in [2.75, 3.05) is 6.26 Å². The minimum Gasteiger partial charge on any atom is -0.480 e. The smallest absolute Gasteiger partial charge is 0.319 e. The molecule has 0 fully saturated rings. The van der Waals surface area contributed by atoms with Gasteiger partial charge in [-0.3, -0.25) is 4.79 Å². The molecule has 0 spiro atoms. The molecule has 0 saturated carbocycles. The molecule has 1 unspecified atom stereocenters. The van der Waals surface area contributed by atoms with E-state index in [2.05, 4.69) is 12.1 Å². The lowest BCUT2D eigenvalue weighted by Gasteiger charge is -2.21. The highest BCUT2D eigenvalue weighted by atomic mass is 32.2. The van der Waals surface area contributed by atoms with Gasteiger partial charge < -0.3 is 5.11 Å². The Morgan fingerprint density at radius 3 is 2.50 bits per heavy atom. The number of carbonyl (C=O) groups is 1. The summed E-state index contributed by atoms with van der Waals surface area (Å²) >= 11 is 1.42. The first-order chi connectivity index (χ1) is 7.58. The molecular formula is C13H18O2S. The molecule has 0 amide bonds. The Kier molecular flexibility index (Phi) is 4.87. The van der Waals surface area contributed by atoms with E-state index in [9.17, 15) is 4.79 Å². The molecule has 3 heteroatoms. The number of benzene rings is 1. The van der Waals surface area contributed by atoms with Crippen LogP contribution in [-0.2, 0) is 11.2 Å². The second-order valence-corrected chi connectivity index (χ2v) is 5.39. The van der Waals surface area contributed by atoms with Gasteiger partial charge in [-0.1, -0.05) is 30.3 Å². The maximum Gasteiger partial charge on any atom is 0.319 e. The molecule has 1 rings (SSSR count). The van der Waals surface area contributed by atoms with E-state index in [0.29, 0.717) is 6.42 Å². The van der Waals surface area contributed by atoms with Crippen molar-refractivity contribution in [3.05, 3.63) is 35.9 Å². The summed E-state index contributed by atoms with van der Waals surface area (Å²) in [5.41, 5.74) is 1.27. The molecule has 0 radical (unpaired) electrons. The van der Waals surface area contributed by atoms with E-state index in [0.717, 1.165) is 12.8 Å². The number of thioether (sulfide) groups is 1. The van der Waals surface area contributed by atoms with E-state index in [4.69, 9.17) is 5.11 Å². The van der Waals surface area contributed by atoms with Crippen molar-refractivity contribution in [3.8, 4) is 0 Å². The first-order valence-corrected chi connectivity index (χ1v) is 6.63. The van der Waals surface area contributed by atoms with Crippen LogP contribution in [0.3, 0.4) is 0 Å². The van der Waals surface area contributed by atoms with E-state index in [1.54, 1.807) is 6.92 Å². The van der Waals surface area contributed by atoms with Gasteiger partial charge in [-0.2, -0.15) is 0 Å². The van der Waals surface area contributed by atoms with Gasteiger partial charge in [0.05, 0.1) is 0 Å². The molecule has 0 aliphatic carbocycles. The molecule has 1 aromatic rings. The number of hydrogen-bond acceptors (Lipinski definition) is 2. The van der Waals surface area contributed by atoms with Crippen LogP contribution in [0, 0.1) is 0 Å². The molecule has 2 nitrogen and oxygen atoms in total. The molecule has 0 saturated heterocycles. The number of aryl methyl sites for hydroxylation is 1. The van der Waals surface area contributed by atoms with Crippen molar-refractivity contribution in [1.29, 1.82) is 0 Å². The average molecular weight is 238 g/mol. The van der Waals surface area contributed by atoms with Crippen LogP contribution < -0.4 is 0 Å². The monoisotopic (exact) mass is 238 g/mol. The highest BCUT2D eigenvalue weighted by molar-refractivity contribution is 8.00. The van der Waals surface area contributed by atoms with Crippen molar-refractivity contribution in [2.45, 2.75) is 30.9 Å². The van der Waals surface area contributed by atoms with Crippen LogP contribution in [-0.4, -0.2) is 22.1 Å². The van der Waals surface area contributed by atoms with Crippen molar-refractivity contribution in [3.63, 3.8) is 0 Å². The zero-order chi connectivity index (χ0) is 12.0. The van der Waals surface area contributed by atoms with Crippen LogP contribution in [0.15, 0.2) is 30.3 Å². The molecule has 0 aliphatic heterocycles. The SMILES string of the molecule is CSC(C)(CCCc1ccccc1)C(=O)O. The third-order valence-corrected chi connectivity index (χ3v) is 4.14. The molecule has 88 valence electrons. The van der Waals surface area contributed by atoms with Gasteiger partial charge in [0.25, 0.3) is 0 Å². The van der Waals surface area contributed by atoms with Gasteiger partial charge in [0.1, 0.15) is 4.75 Å². The normalized spacial score (nSPS) is 14.4.